The lowest BCUT2D eigenvalue weighted by atomic mass is 10.1. The maximum Gasteiger partial charge on any atom is 0.350 e. The molecular weight excluding hydrogens is 448 g/mol. The van der Waals surface area contributed by atoms with Gasteiger partial charge in [-0.3, -0.25) is 9.52 Å². The number of sulfonamides is 1. The van der Waals surface area contributed by atoms with Gasteiger partial charge in [0, 0.05) is 10.1 Å². The van der Waals surface area contributed by atoms with Crippen molar-refractivity contribution < 1.29 is 22.7 Å². The highest BCUT2D eigenvalue weighted by atomic mass is 32.2. The molecule has 0 spiro atoms. The van der Waals surface area contributed by atoms with Gasteiger partial charge in [-0.25, -0.2) is 13.2 Å². The van der Waals surface area contributed by atoms with Gasteiger partial charge >= 0.3 is 5.97 Å². The number of ether oxygens (including phenoxy) is 1. The van der Waals surface area contributed by atoms with E-state index in [1.54, 1.807) is 42.5 Å². The number of rotatable bonds is 6. The highest BCUT2D eigenvalue weighted by Gasteiger charge is 2.23. The summed E-state index contributed by atoms with van der Waals surface area (Å²) in [5, 5.41) is 3.46. The molecule has 0 atom stereocenters. The molecule has 4 aromatic rings. The summed E-state index contributed by atoms with van der Waals surface area (Å²) in [5.74, 6) is -1.13. The van der Waals surface area contributed by atoms with Crippen molar-refractivity contribution in [3.05, 3.63) is 89.3 Å². The maximum absolute atomic E-state index is 13.2. The molecule has 162 valence electrons. The van der Waals surface area contributed by atoms with E-state index in [0.29, 0.717) is 11.1 Å². The lowest BCUT2D eigenvalue weighted by Gasteiger charge is -2.13. The smallest absolute Gasteiger partial charge is 0.350 e. The first-order valence-electron chi connectivity index (χ1n) is 9.49. The number of esters is 1. The Labute approximate surface area is 188 Å². The van der Waals surface area contributed by atoms with Crippen LogP contribution in [0.5, 0.6) is 0 Å². The minimum absolute atomic E-state index is 0.0759. The third kappa shape index (κ3) is 4.20. The molecule has 9 heteroatoms. The standard InChI is InChI=1S/C23H18N2O5S2/c1-30-23(27)21-20(17-12-6-8-14-19(17)31-21)24-22(26)16-11-5-7-13-18(16)25-32(28,29)15-9-3-2-4-10-15/h2-14,25H,1H3,(H,24,26). The summed E-state index contributed by atoms with van der Waals surface area (Å²) in [6.45, 7) is 0. The molecule has 4 rings (SSSR count). The minimum Gasteiger partial charge on any atom is -0.465 e. The van der Waals surface area contributed by atoms with Crippen LogP contribution >= 0.6 is 11.3 Å². The Morgan fingerprint density at radius 2 is 1.53 bits per heavy atom. The van der Waals surface area contributed by atoms with Gasteiger partial charge in [0.2, 0.25) is 0 Å². The number of nitrogens with one attached hydrogen (secondary N) is 2. The van der Waals surface area contributed by atoms with E-state index in [9.17, 15) is 18.0 Å². The van der Waals surface area contributed by atoms with Gasteiger partial charge in [0.25, 0.3) is 15.9 Å². The molecule has 32 heavy (non-hydrogen) atoms. The normalized spacial score (nSPS) is 11.2. The van der Waals surface area contributed by atoms with Gasteiger partial charge in [-0.05, 0) is 30.3 Å². The fourth-order valence-corrected chi connectivity index (χ4v) is 5.34. The van der Waals surface area contributed by atoms with Crippen molar-refractivity contribution in [2.24, 2.45) is 0 Å². The van der Waals surface area contributed by atoms with Crippen LogP contribution in [0, 0.1) is 0 Å². The SMILES string of the molecule is COC(=O)c1sc2ccccc2c1NC(=O)c1ccccc1NS(=O)(=O)c1ccccc1. The van der Waals surface area contributed by atoms with Crippen molar-refractivity contribution in [3.8, 4) is 0 Å². The number of amides is 1. The predicted molar refractivity (Wildman–Crippen MR) is 125 cm³/mol. The van der Waals surface area contributed by atoms with Crippen molar-refractivity contribution in [3.63, 3.8) is 0 Å². The Kier molecular flexibility index (Phi) is 5.93. The average Bonchev–Trinajstić information content (AvgIpc) is 3.17. The first-order valence-corrected chi connectivity index (χ1v) is 11.8. The lowest BCUT2D eigenvalue weighted by Crippen LogP contribution is -2.19. The number of benzene rings is 3. The molecule has 0 aliphatic heterocycles. The van der Waals surface area contributed by atoms with Gasteiger partial charge in [0.1, 0.15) is 4.88 Å². The van der Waals surface area contributed by atoms with E-state index in [-0.39, 0.29) is 21.0 Å². The van der Waals surface area contributed by atoms with Crippen LogP contribution < -0.4 is 10.0 Å². The number of hydrogen-bond donors (Lipinski definition) is 2. The van der Waals surface area contributed by atoms with Crippen LogP contribution in [0.4, 0.5) is 11.4 Å². The van der Waals surface area contributed by atoms with Crippen molar-refractivity contribution in [1.82, 2.24) is 0 Å². The largest absolute Gasteiger partial charge is 0.465 e. The fraction of sp³-hybridized carbons (Fsp3) is 0.0435. The molecule has 1 aromatic heterocycles. The first-order chi connectivity index (χ1) is 15.4. The summed E-state index contributed by atoms with van der Waals surface area (Å²) in [5.41, 5.74) is 0.550. The number of hydrogen-bond acceptors (Lipinski definition) is 6. The summed E-state index contributed by atoms with van der Waals surface area (Å²) in [7, 11) is -2.62. The molecule has 2 N–H and O–H groups in total. The first kappa shape index (κ1) is 21.5. The third-order valence-corrected chi connectivity index (χ3v) is 7.21. The van der Waals surface area contributed by atoms with Crippen LogP contribution in [0.2, 0.25) is 0 Å². The molecule has 0 radical (unpaired) electrons. The van der Waals surface area contributed by atoms with E-state index in [1.165, 1.54) is 42.7 Å². The molecule has 0 fully saturated rings. The van der Waals surface area contributed by atoms with E-state index >= 15 is 0 Å². The number of carbonyl (C=O) groups excluding carboxylic acids is 2. The lowest BCUT2D eigenvalue weighted by molar-refractivity contribution is 0.0607. The summed E-state index contributed by atoms with van der Waals surface area (Å²) in [4.78, 5) is 25.8. The summed E-state index contributed by atoms with van der Waals surface area (Å²) < 4.78 is 33.6. The van der Waals surface area contributed by atoms with Gasteiger partial charge < -0.3 is 10.1 Å². The zero-order valence-corrected chi connectivity index (χ0v) is 18.5. The number of anilines is 2. The van der Waals surface area contributed by atoms with Crippen LogP contribution in [-0.2, 0) is 14.8 Å². The Morgan fingerprint density at radius 1 is 0.875 bits per heavy atom. The molecule has 0 aliphatic carbocycles. The second-order valence-corrected chi connectivity index (χ2v) is 9.45. The Bertz CT molecular complexity index is 1410. The van der Waals surface area contributed by atoms with Gasteiger partial charge in [0.15, 0.2) is 0 Å². The molecule has 0 aliphatic rings. The molecule has 0 saturated carbocycles. The second kappa shape index (κ2) is 8.81. The number of thiophene rings is 1. The van der Waals surface area contributed by atoms with E-state index in [2.05, 4.69) is 10.0 Å². The highest BCUT2D eigenvalue weighted by molar-refractivity contribution is 7.92. The topological polar surface area (TPSA) is 102 Å². The molecule has 1 amide bonds. The Balaban J connectivity index is 1.70. The average molecular weight is 467 g/mol. The van der Waals surface area contributed by atoms with Gasteiger partial charge in [-0.15, -0.1) is 11.3 Å². The van der Waals surface area contributed by atoms with E-state index in [4.69, 9.17) is 4.74 Å². The van der Waals surface area contributed by atoms with E-state index < -0.39 is 21.9 Å². The third-order valence-electron chi connectivity index (χ3n) is 4.67. The van der Waals surface area contributed by atoms with E-state index in [0.717, 1.165) is 4.70 Å². The summed E-state index contributed by atoms with van der Waals surface area (Å²) >= 11 is 1.20. The molecule has 0 bridgehead atoms. The van der Waals surface area contributed by atoms with Crippen LogP contribution in [0.1, 0.15) is 20.0 Å². The van der Waals surface area contributed by atoms with Gasteiger partial charge in [0.05, 0.1) is 28.9 Å². The van der Waals surface area contributed by atoms with Gasteiger partial charge in [-0.1, -0.05) is 48.5 Å². The molecule has 7 nitrogen and oxygen atoms in total. The molecule has 1 heterocycles. The summed E-state index contributed by atoms with van der Waals surface area (Å²) in [6, 6.07) is 21.4. The van der Waals surface area contributed by atoms with Crippen molar-refractivity contribution >= 4 is 54.7 Å². The molecule has 3 aromatic carbocycles. The molecule has 0 saturated heterocycles. The minimum atomic E-state index is -3.89. The monoisotopic (exact) mass is 466 g/mol. The van der Waals surface area contributed by atoms with Crippen molar-refractivity contribution in [2.75, 3.05) is 17.1 Å². The molecule has 0 unspecified atom stereocenters. The Morgan fingerprint density at radius 3 is 2.28 bits per heavy atom. The second-order valence-electron chi connectivity index (χ2n) is 6.71. The summed E-state index contributed by atoms with van der Waals surface area (Å²) in [6.07, 6.45) is 0. The maximum atomic E-state index is 13.2. The van der Waals surface area contributed by atoms with Crippen molar-refractivity contribution in [1.29, 1.82) is 0 Å². The zero-order valence-electron chi connectivity index (χ0n) is 16.9. The highest BCUT2D eigenvalue weighted by Crippen LogP contribution is 2.36. The Hall–Kier alpha value is -3.69. The van der Waals surface area contributed by atoms with Crippen molar-refractivity contribution in [2.45, 2.75) is 4.90 Å². The molecular formula is C23H18N2O5S2. The van der Waals surface area contributed by atoms with Gasteiger partial charge in [-0.2, -0.15) is 0 Å². The van der Waals surface area contributed by atoms with Crippen LogP contribution in [0.25, 0.3) is 10.1 Å². The van der Waals surface area contributed by atoms with Crippen LogP contribution in [0.15, 0.2) is 83.8 Å². The van der Waals surface area contributed by atoms with Crippen LogP contribution in [0.3, 0.4) is 0 Å². The number of fused-ring (bicyclic) bond motifs is 1. The number of methoxy groups -OCH3 is 1. The predicted octanol–water partition coefficient (Wildman–Crippen LogP) is 4.74. The number of carbonyl (C=O) groups is 2. The van der Waals surface area contributed by atoms with E-state index in [1.807, 2.05) is 12.1 Å². The number of para-hydroxylation sites is 1. The van der Waals surface area contributed by atoms with Crippen LogP contribution in [-0.4, -0.2) is 27.4 Å². The quantitative estimate of drug-likeness (QED) is 0.400. The zero-order chi connectivity index (χ0) is 22.7. The fourth-order valence-electron chi connectivity index (χ4n) is 3.16.